The normalized spacial score (nSPS) is 19.2. The summed E-state index contributed by atoms with van der Waals surface area (Å²) in [4.78, 5) is 4.14. The summed E-state index contributed by atoms with van der Waals surface area (Å²) in [6.07, 6.45) is 2.63. The average Bonchev–Trinajstić information content (AvgIpc) is 2.80. The Kier molecular flexibility index (Phi) is 4.34. The zero-order valence-corrected chi connectivity index (χ0v) is 14.2. The van der Waals surface area contributed by atoms with Gasteiger partial charge in [-0.2, -0.15) is 0 Å². The van der Waals surface area contributed by atoms with Gasteiger partial charge in [0.2, 0.25) is 0 Å². The molecule has 1 saturated heterocycles. The van der Waals surface area contributed by atoms with E-state index in [-0.39, 0.29) is 0 Å². The molecule has 0 spiro atoms. The van der Waals surface area contributed by atoms with Crippen LogP contribution >= 0.6 is 11.3 Å². The van der Waals surface area contributed by atoms with E-state index in [0.717, 1.165) is 13.1 Å². The molecule has 21 heavy (non-hydrogen) atoms. The number of nitrogens with one attached hydrogen (secondary N) is 1. The van der Waals surface area contributed by atoms with E-state index in [2.05, 4.69) is 48.3 Å². The van der Waals surface area contributed by atoms with E-state index in [0.29, 0.717) is 5.41 Å². The van der Waals surface area contributed by atoms with E-state index < -0.39 is 0 Å². The highest BCUT2D eigenvalue weighted by molar-refractivity contribution is 7.19. The molecule has 0 bridgehead atoms. The highest BCUT2D eigenvalue weighted by Crippen LogP contribution is 2.35. The van der Waals surface area contributed by atoms with E-state index in [1.165, 1.54) is 40.9 Å². The number of piperidine rings is 1. The van der Waals surface area contributed by atoms with Crippen molar-refractivity contribution in [3.05, 3.63) is 34.7 Å². The summed E-state index contributed by atoms with van der Waals surface area (Å²) in [6.45, 7) is 9.35. The molecule has 2 nitrogen and oxygen atoms in total. The highest BCUT2D eigenvalue weighted by atomic mass is 32.1. The van der Waals surface area contributed by atoms with Crippen LogP contribution < -0.4 is 5.32 Å². The molecule has 1 aliphatic rings. The zero-order valence-electron chi connectivity index (χ0n) is 13.4. The molecule has 3 rings (SSSR count). The topological polar surface area (TPSA) is 15.3 Å². The smallest absolute Gasteiger partial charge is 0.0349 e. The molecule has 114 valence electrons. The summed E-state index contributed by atoms with van der Waals surface area (Å²) in [5, 5.41) is 4.78. The molecule has 1 fully saturated rings. The first kappa shape index (κ1) is 15.0. The summed E-state index contributed by atoms with van der Waals surface area (Å²) >= 11 is 1.95. The van der Waals surface area contributed by atoms with Gasteiger partial charge in [-0.15, -0.1) is 11.3 Å². The van der Waals surface area contributed by atoms with Crippen molar-refractivity contribution in [1.29, 1.82) is 0 Å². The quantitative estimate of drug-likeness (QED) is 0.908. The second-order valence-electron chi connectivity index (χ2n) is 6.97. The van der Waals surface area contributed by atoms with Gasteiger partial charge < -0.3 is 5.32 Å². The second kappa shape index (κ2) is 6.07. The molecular weight excluding hydrogens is 276 g/mol. The van der Waals surface area contributed by atoms with Gasteiger partial charge in [-0.05, 0) is 55.4 Å². The minimum atomic E-state index is 0.529. The van der Waals surface area contributed by atoms with Gasteiger partial charge in [-0.1, -0.05) is 32.0 Å². The van der Waals surface area contributed by atoms with Crippen LogP contribution in [-0.4, -0.2) is 25.0 Å². The first-order valence-corrected chi connectivity index (χ1v) is 8.77. The maximum atomic E-state index is 3.33. The van der Waals surface area contributed by atoms with Crippen molar-refractivity contribution >= 4 is 21.4 Å². The van der Waals surface area contributed by atoms with Crippen molar-refractivity contribution in [2.45, 2.75) is 39.8 Å². The van der Waals surface area contributed by atoms with Gasteiger partial charge in [0.25, 0.3) is 0 Å². The molecule has 1 aromatic carbocycles. The molecule has 1 N–H and O–H groups in total. The Morgan fingerprint density at radius 2 is 1.90 bits per heavy atom. The number of thiophene rings is 1. The van der Waals surface area contributed by atoms with E-state index in [1.54, 1.807) is 5.56 Å². The monoisotopic (exact) mass is 302 g/mol. The SMILES string of the molecule is CNCc1sc2ccccc2c1CN1CCC(C)(C)CC1. The molecule has 0 amide bonds. The third-order valence-corrected chi connectivity index (χ3v) is 5.92. The van der Waals surface area contributed by atoms with E-state index >= 15 is 0 Å². The average molecular weight is 302 g/mol. The second-order valence-corrected chi connectivity index (χ2v) is 8.11. The number of likely N-dealkylation sites (tertiary alicyclic amines) is 1. The Bertz CT molecular complexity index is 605. The van der Waals surface area contributed by atoms with Crippen molar-refractivity contribution in [1.82, 2.24) is 10.2 Å². The zero-order chi connectivity index (χ0) is 14.9. The fourth-order valence-electron chi connectivity index (χ4n) is 3.17. The Hall–Kier alpha value is -0.900. The third kappa shape index (κ3) is 3.31. The first-order chi connectivity index (χ1) is 10.1. The van der Waals surface area contributed by atoms with Crippen LogP contribution in [0.1, 0.15) is 37.1 Å². The third-order valence-electron chi connectivity index (χ3n) is 4.71. The Labute approximate surface area is 132 Å². The van der Waals surface area contributed by atoms with Crippen molar-refractivity contribution in [3.63, 3.8) is 0 Å². The van der Waals surface area contributed by atoms with Crippen LogP contribution in [0.15, 0.2) is 24.3 Å². The Morgan fingerprint density at radius 3 is 2.62 bits per heavy atom. The summed E-state index contributed by atoms with van der Waals surface area (Å²) in [7, 11) is 2.04. The van der Waals surface area contributed by atoms with Crippen LogP contribution in [0.25, 0.3) is 10.1 Å². The summed E-state index contributed by atoms with van der Waals surface area (Å²) in [5.41, 5.74) is 2.07. The first-order valence-electron chi connectivity index (χ1n) is 7.95. The molecular formula is C18H26N2S. The van der Waals surface area contributed by atoms with Gasteiger partial charge in [0, 0.05) is 22.7 Å². The lowest BCUT2D eigenvalue weighted by Crippen LogP contribution is -2.36. The summed E-state index contributed by atoms with van der Waals surface area (Å²) < 4.78 is 1.43. The molecule has 3 heteroatoms. The molecule has 0 atom stereocenters. The van der Waals surface area contributed by atoms with Crippen molar-refractivity contribution in [2.24, 2.45) is 5.41 Å². The van der Waals surface area contributed by atoms with Gasteiger partial charge >= 0.3 is 0 Å². The molecule has 0 radical (unpaired) electrons. The fourth-order valence-corrected chi connectivity index (χ4v) is 4.39. The predicted molar refractivity (Wildman–Crippen MR) is 92.9 cm³/mol. The predicted octanol–water partition coefficient (Wildman–Crippen LogP) is 4.24. The van der Waals surface area contributed by atoms with Gasteiger partial charge in [0.15, 0.2) is 0 Å². The van der Waals surface area contributed by atoms with E-state index in [4.69, 9.17) is 0 Å². The van der Waals surface area contributed by atoms with Crippen molar-refractivity contribution in [2.75, 3.05) is 20.1 Å². The van der Waals surface area contributed by atoms with Crippen molar-refractivity contribution in [3.8, 4) is 0 Å². The molecule has 2 heterocycles. The Morgan fingerprint density at radius 1 is 1.19 bits per heavy atom. The van der Waals surface area contributed by atoms with Crippen LogP contribution in [-0.2, 0) is 13.1 Å². The maximum absolute atomic E-state index is 3.33. The van der Waals surface area contributed by atoms with E-state index in [9.17, 15) is 0 Å². The minimum absolute atomic E-state index is 0.529. The number of hydrogen-bond acceptors (Lipinski definition) is 3. The number of hydrogen-bond donors (Lipinski definition) is 1. The lowest BCUT2D eigenvalue weighted by atomic mass is 9.82. The summed E-state index contributed by atoms with van der Waals surface area (Å²) in [6, 6.07) is 8.85. The molecule has 0 unspecified atom stereocenters. The van der Waals surface area contributed by atoms with E-state index in [1.807, 2.05) is 18.4 Å². The number of fused-ring (bicyclic) bond motifs is 1. The number of nitrogens with zero attached hydrogens (tertiary/aromatic N) is 1. The molecule has 2 aromatic rings. The lowest BCUT2D eigenvalue weighted by molar-refractivity contribution is 0.127. The fraction of sp³-hybridized carbons (Fsp3) is 0.556. The highest BCUT2D eigenvalue weighted by Gasteiger charge is 2.26. The number of benzene rings is 1. The lowest BCUT2D eigenvalue weighted by Gasteiger charge is -2.37. The van der Waals surface area contributed by atoms with Gasteiger partial charge in [0.1, 0.15) is 0 Å². The Balaban J connectivity index is 1.84. The van der Waals surface area contributed by atoms with Crippen LogP contribution in [0.2, 0.25) is 0 Å². The van der Waals surface area contributed by atoms with Gasteiger partial charge in [-0.25, -0.2) is 0 Å². The standard InChI is InChI=1S/C18H26N2S/c1-18(2)8-10-20(11-9-18)13-15-14-6-4-5-7-16(14)21-17(15)12-19-3/h4-7,19H,8-13H2,1-3H3. The van der Waals surface area contributed by atoms with Crippen LogP contribution in [0.3, 0.4) is 0 Å². The molecule has 1 aliphatic heterocycles. The minimum Gasteiger partial charge on any atom is -0.315 e. The molecule has 0 saturated carbocycles. The summed E-state index contributed by atoms with van der Waals surface area (Å²) in [5.74, 6) is 0. The van der Waals surface area contributed by atoms with Crippen LogP contribution in [0.5, 0.6) is 0 Å². The van der Waals surface area contributed by atoms with Crippen molar-refractivity contribution < 1.29 is 0 Å². The largest absolute Gasteiger partial charge is 0.315 e. The molecule has 0 aliphatic carbocycles. The van der Waals surface area contributed by atoms with Crippen LogP contribution in [0.4, 0.5) is 0 Å². The van der Waals surface area contributed by atoms with Crippen LogP contribution in [0, 0.1) is 5.41 Å². The number of rotatable bonds is 4. The van der Waals surface area contributed by atoms with Gasteiger partial charge in [0.05, 0.1) is 0 Å². The van der Waals surface area contributed by atoms with Gasteiger partial charge in [-0.3, -0.25) is 4.90 Å². The molecule has 1 aromatic heterocycles. The maximum Gasteiger partial charge on any atom is 0.0349 e.